The van der Waals surface area contributed by atoms with Gasteiger partial charge in [-0.25, -0.2) is 30.0 Å². The summed E-state index contributed by atoms with van der Waals surface area (Å²) in [5.74, 6) is -5.41. The summed E-state index contributed by atoms with van der Waals surface area (Å²) in [6, 6.07) is 4.59. The molecule has 30 heavy (non-hydrogen) atoms. The number of sulfonamides is 2. The monoisotopic (exact) mass is 464 g/mol. The van der Waals surface area contributed by atoms with E-state index in [9.17, 15) is 30.0 Å². The fourth-order valence-electron chi connectivity index (χ4n) is 3.10. The van der Waals surface area contributed by atoms with E-state index in [1.807, 2.05) is 4.72 Å². The zero-order valence-corrected chi connectivity index (χ0v) is 17.5. The molecule has 0 aliphatic carbocycles. The topological polar surface area (TPSA) is 92.8 Å². The molecule has 1 saturated heterocycles. The highest BCUT2D eigenvalue weighted by molar-refractivity contribution is 7.92. The van der Waals surface area contributed by atoms with Crippen LogP contribution in [0.25, 0.3) is 0 Å². The van der Waals surface area contributed by atoms with Crippen LogP contribution >= 0.6 is 0 Å². The highest BCUT2D eigenvalue weighted by atomic mass is 32.2. The average molecular weight is 464 g/mol. The van der Waals surface area contributed by atoms with Crippen LogP contribution in [-0.2, 0) is 20.0 Å². The fourth-order valence-corrected chi connectivity index (χ4v) is 5.77. The number of nitrogens with one attached hydrogen (secondary N) is 1. The van der Waals surface area contributed by atoms with E-state index < -0.39 is 42.4 Å². The van der Waals surface area contributed by atoms with Gasteiger partial charge in [0.05, 0.1) is 17.7 Å². The molecule has 1 aliphatic rings. The van der Waals surface area contributed by atoms with Crippen LogP contribution in [0.5, 0.6) is 5.75 Å². The number of hydrogen-bond donors (Lipinski definition) is 1. The van der Waals surface area contributed by atoms with Crippen molar-refractivity contribution < 1.29 is 34.7 Å². The average Bonchev–Trinajstić information content (AvgIpc) is 2.72. The lowest BCUT2D eigenvalue weighted by atomic mass is 10.2. The van der Waals surface area contributed by atoms with Gasteiger partial charge in [0.1, 0.15) is 10.6 Å². The van der Waals surface area contributed by atoms with Gasteiger partial charge in [-0.3, -0.25) is 4.72 Å². The maximum absolute atomic E-state index is 14.0. The second-order valence-electron chi connectivity index (χ2n) is 6.61. The van der Waals surface area contributed by atoms with Crippen molar-refractivity contribution in [3.63, 3.8) is 0 Å². The third-order valence-electron chi connectivity index (χ3n) is 4.66. The summed E-state index contributed by atoms with van der Waals surface area (Å²) in [5.41, 5.74) is -0.292. The number of benzene rings is 2. The second-order valence-corrected chi connectivity index (χ2v) is 10.2. The summed E-state index contributed by atoms with van der Waals surface area (Å²) in [6.45, 7) is 0.685. The first kappa shape index (κ1) is 22.4. The summed E-state index contributed by atoms with van der Waals surface area (Å²) in [4.78, 5) is -1.32. The van der Waals surface area contributed by atoms with Gasteiger partial charge in [-0.2, -0.15) is 4.31 Å². The van der Waals surface area contributed by atoms with Crippen LogP contribution in [0.4, 0.5) is 18.9 Å². The van der Waals surface area contributed by atoms with E-state index in [0.717, 1.165) is 12.5 Å². The molecular weight excluding hydrogens is 445 g/mol. The molecule has 1 fully saturated rings. The quantitative estimate of drug-likeness (QED) is 0.664. The van der Waals surface area contributed by atoms with Crippen molar-refractivity contribution in [2.75, 3.05) is 24.9 Å². The lowest BCUT2D eigenvalue weighted by Crippen LogP contribution is -2.35. The molecule has 1 aliphatic heterocycles. The number of nitrogens with zero attached hydrogens (tertiary/aromatic N) is 1. The second kappa shape index (κ2) is 8.44. The summed E-state index contributed by atoms with van der Waals surface area (Å²) in [7, 11) is -7.39. The molecule has 3 rings (SSSR count). The first-order chi connectivity index (χ1) is 14.1. The Morgan fingerprint density at radius 2 is 1.60 bits per heavy atom. The molecule has 12 heteroatoms. The molecule has 0 atom stereocenters. The minimum Gasteiger partial charge on any atom is -0.495 e. The van der Waals surface area contributed by atoms with E-state index in [1.165, 1.54) is 23.5 Å². The van der Waals surface area contributed by atoms with Gasteiger partial charge >= 0.3 is 0 Å². The first-order valence-corrected chi connectivity index (χ1v) is 11.8. The molecule has 0 bridgehead atoms. The SMILES string of the molecule is COc1ccc(S(=O)(=O)N2CCCCC2)cc1NS(=O)(=O)c1ccc(F)c(F)c1F. The van der Waals surface area contributed by atoms with Crippen molar-refractivity contribution in [2.24, 2.45) is 0 Å². The van der Waals surface area contributed by atoms with Crippen LogP contribution in [0.2, 0.25) is 0 Å². The van der Waals surface area contributed by atoms with Crippen molar-refractivity contribution in [3.8, 4) is 5.75 Å². The normalized spacial score (nSPS) is 15.7. The van der Waals surface area contributed by atoms with Crippen LogP contribution in [0, 0.1) is 17.5 Å². The summed E-state index contributed by atoms with van der Waals surface area (Å²) in [6.07, 6.45) is 2.34. The molecule has 7 nitrogen and oxygen atoms in total. The van der Waals surface area contributed by atoms with Crippen molar-refractivity contribution in [3.05, 3.63) is 47.8 Å². The molecule has 2 aromatic rings. The van der Waals surface area contributed by atoms with E-state index in [-0.39, 0.29) is 16.3 Å². The highest BCUT2D eigenvalue weighted by Crippen LogP contribution is 2.32. The zero-order valence-electron chi connectivity index (χ0n) is 15.9. The molecule has 1 heterocycles. The Hall–Kier alpha value is -2.31. The molecule has 0 radical (unpaired) electrons. The summed E-state index contributed by atoms with van der Waals surface area (Å²) >= 11 is 0. The number of piperidine rings is 1. The largest absolute Gasteiger partial charge is 0.495 e. The van der Waals surface area contributed by atoms with E-state index in [1.54, 1.807) is 0 Å². The number of ether oxygens (including phenoxy) is 1. The summed E-state index contributed by atoms with van der Waals surface area (Å²) < 4.78 is 99.8. The van der Waals surface area contributed by atoms with Gasteiger partial charge in [-0.05, 0) is 43.2 Å². The predicted octanol–water partition coefficient (Wildman–Crippen LogP) is 3.09. The van der Waals surface area contributed by atoms with Crippen molar-refractivity contribution in [2.45, 2.75) is 29.1 Å². The highest BCUT2D eigenvalue weighted by Gasteiger charge is 2.29. The maximum Gasteiger partial charge on any atom is 0.265 e. The Labute approximate surface area is 172 Å². The molecule has 164 valence electrons. The van der Waals surface area contributed by atoms with Crippen LogP contribution in [0.3, 0.4) is 0 Å². The Morgan fingerprint density at radius 1 is 0.933 bits per heavy atom. The third-order valence-corrected chi connectivity index (χ3v) is 7.93. The van der Waals surface area contributed by atoms with Gasteiger partial charge in [0, 0.05) is 13.1 Å². The molecule has 0 unspecified atom stereocenters. The van der Waals surface area contributed by atoms with E-state index in [4.69, 9.17) is 4.74 Å². The molecule has 0 amide bonds. The Kier molecular flexibility index (Phi) is 6.29. The molecular formula is C18H19F3N2O5S2. The predicted molar refractivity (Wildman–Crippen MR) is 103 cm³/mol. The lowest BCUT2D eigenvalue weighted by Gasteiger charge is -2.26. The fraction of sp³-hybridized carbons (Fsp3) is 0.333. The van der Waals surface area contributed by atoms with E-state index >= 15 is 0 Å². The molecule has 1 N–H and O–H groups in total. The Balaban J connectivity index is 2.01. The number of anilines is 1. The lowest BCUT2D eigenvalue weighted by molar-refractivity contribution is 0.346. The van der Waals surface area contributed by atoms with E-state index in [0.29, 0.717) is 38.1 Å². The third kappa shape index (κ3) is 4.25. The smallest absolute Gasteiger partial charge is 0.265 e. The van der Waals surface area contributed by atoms with Gasteiger partial charge in [0.2, 0.25) is 10.0 Å². The van der Waals surface area contributed by atoms with Crippen molar-refractivity contribution in [1.82, 2.24) is 4.31 Å². The van der Waals surface area contributed by atoms with Gasteiger partial charge in [0.25, 0.3) is 10.0 Å². The number of hydrogen-bond acceptors (Lipinski definition) is 5. The van der Waals surface area contributed by atoms with Crippen molar-refractivity contribution in [1.29, 1.82) is 0 Å². The van der Waals surface area contributed by atoms with E-state index in [2.05, 4.69) is 0 Å². The van der Waals surface area contributed by atoms with Crippen LogP contribution in [-0.4, -0.2) is 41.3 Å². The Morgan fingerprint density at radius 3 is 2.23 bits per heavy atom. The summed E-state index contributed by atoms with van der Waals surface area (Å²) in [5, 5.41) is 0. The van der Waals surface area contributed by atoms with Gasteiger partial charge in [0.15, 0.2) is 17.5 Å². The maximum atomic E-state index is 14.0. The minimum absolute atomic E-state index is 0.0424. The van der Waals surface area contributed by atoms with Gasteiger partial charge in [-0.15, -0.1) is 0 Å². The van der Waals surface area contributed by atoms with Crippen molar-refractivity contribution >= 4 is 25.7 Å². The van der Waals surface area contributed by atoms with Gasteiger partial charge < -0.3 is 4.74 Å². The zero-order chi connectivity index (χ0) is 22.1. The van der Waals surface area contributed by atoms with Crippen LogP contribution in [0.15, 0.2) is 40.1 Å². The molecule has 0 saturated carbocycles. The molecule has 2 aromatic carbocycles. The molecule has 0 spiro atoms. The number of halogens is 3. The Bertz CT molecular complexity index is 1160. The van der Waals surface area contributed by atoms with Crippen LogP contribution < -0.4 is 9.46 Å². The van der Waals surface area contributed by atoms with Gasteiger partial charge in [-0.1, -0.05) is 6.42 Å². The number of rotatable bonds is 6. The van der Waals surface area contributed by atoms with Crippen LogP contribution in [0.1, 0.15) is 19.3 Å². The molecule has 0 aromatic heterocycles. The first-order valence-electron chi connectivity index (χ1n) is 8.92. The standard InChI is InChI=1S/C18H19F3N2O5S2/c1-28-15-7-5-12(30(26,27)23-9-3-2-4-10-23)11-14(15)22-29(24,25)16-8-6-13(19)17(20)18(16)21/h5-8,11,22H,2-4,9-10H2,1H3. The number of methoxy groups -OCH3 is 1. The minimum atomic E-state index is -4.72.